The first-order valence-electron chi connectivity index (χ1n) is 5.48. The van der Waals surface area contributed by atoms with Crippen molar-refractivity contribution in [3.63, 3.8) is 0 Å². The Morgan fingerprint density at radius 2 is 1.12 bits per heavy atom. The molecule has 0 saturated carbocycles. The molecule has 3 rings (SSSR count). The van der Waals surface area contributed by atoms with Crippen molar-refractivity contribution in [1.82, 2.24) is 0 Å². The van der Waals surface area contributed by atoms with Crippen LogP contribution in [0.1, 0.15) is 0 Å². The van der Waals surface area contributed by atoms with Gasteiger partial charge in [-0.25, -0.2) is 0 Å². The van der Waals surface area contributed by atoms with Crippen LogP contribution in [0.5, 0.6) is 0 Å². The van der Waals surface area contributed by atoms with Crippen LogP contribution in [-0.4, -0.2) is 17.1 Å². The summed E-state index contributed by atoms with van der Waals surface area (Å²) < 4.78 is 0. The molecule has 3 aromatic carbocycles. The molecule has 0 unspecified atom stereocenters. The van der Waals surface area contributed by atoms with Gasteiger partial charge in [0.25, 0.3) is 0 Å². The first-order chi connectivity index (χ1) is 7.93. The second-order valence-corrected chi connectivity index (χ2v) is 3.93. The van der Waals surface area contributed by atoms with Crippen LogP contribution >= 0.6 is 0 Å². The molecule has 3 aromatic rings. The van der Waals surface area contributed by atoms with E-state index in [0.29, 0.717) is 0 Å². The summed E-state index contributed by atoms with van der Waals surface area (Å²) >= 11 is 0. The minimum Gasteiger partial charge on any atom is -0.0622 e. The van der Waals surface area contributed by atoms with Gasteiger partial charge in [-0.3, -0.25) is 0 Å². The van der Waals surface area contributed by atoms with Crippen molar-refractivity contribution in [3.8, 4) is 11.1 Å². The Morgan fingerprint density at radius 1 is 0.471 bits per heavy atom. The predicted molar refractivity (Wildman–Crippen MR) is 75.1 cm³/mol. The Balaban J connectivity index is 0.00000108. The molecule has 1 heteroatoms. The number of hydrogen-bond acceptors (Lipinski definition) is 0. The average Bonchev–Trinajstić information content (AvgIpc) is 2.39. The second-order valence-electron chi connectivity index (χ2n) is 3.93. The van der Waals surface area contributed by atoms with Crippen molar-refractivity contribution in [3.05, 3.63) is 72.8 Å². The standard InChI is InChI=1S/C16H12.Se/c1-2-6-13(7-3-1)16-11-10-14-8-4-5-9-15(14)12-16;/h1-12H;. The fourth-order valence-corrected chi connectivity index (χ4v) is 2.00. The largest absolute Gasteiger partial charge is 0.0622 e. The smallest absolute Gasteiger partial charge is 0 e. The van der Waals surface area contributed by atoms with E-state index in [-0.39, 0.29) is 17.1 Å². The number of rotatable bonds is 1. The minimum absolute atomic E-state index is 0. The van der Waals surface area contributed by atoms with Crippen molar-refractivity contribution < 1.29 is 0 Å². The molecule has 0 aliphatic heterocycles. The van der Waals surface area contributed by atoms with Gasteiger partial charge in [-0.15, -0.1) is 0 Å². The molecular formula is C16H12Se. The predicted octanol–water partition coefficient (Wildman–Crippen LogP) is 4.13. The maximum atomic E-state index is 2.24. The zero-order valence-electron chi connectivity index (χ0n) is 9.34. The second kappa shape index (κ2) is 5.18. The van der Waals surface area contributed by atoms with E-state index in [1.54, 1.807) is 0 Å². The summed E-state index contributed by atoms with van der Waals surface area (Å²) in [5.41, 5.74) is 2.55. The molecule has 82 valence electrons. The zero-order valence-corrected chi connectivity index (χ0v) is 11.0. The Bertz CT molecular complexity index is 615. The van der Waals surface area contributed by atoms with Crippen LogP contribution in [0.25, 0.3) is 21.9 Å². The normalized spacial score (nSPS) is 9.88. The van der Waals surface area contributed by atoms with Gasteiger partial charge < -0.3 is 0 Å². The molecule has 0 N–H and O–H groups in total. The molecule has 0 aliphatic rings. The Morgan fingerprint density at radius 3 is 1.88 bits per heavy atom. The van der Waals surface area contributed by atoms with Crippen molar-refractivity contribution >= 4 is 27.8 Å². The fourth-order valence-electron chi connectivity index (χ4n) is 2.00. The summed E-state index contributed by atoms with van der Waals surface area (Å²) in [4.78, 5) is 0. The van der Waals surface area contributed by atoms with Crippen LogP contribution in [0.2, 0.25) is 0 Å². The molecule has 0 aromatic heterocycles. The molecule has 0 nitrogen and oxygen atoms in total. The number of hydrogen-bond donors (Lipinski definition) is 0. The molecule has 0 atom stereocenters. The Hall–Kier alpha value is -1.56. The van der Waals surface area contributed by atoms with E-state index in [4.69, 9.17) is 0 Å². The molecule has 0 aliphatic carbocycles. The van der Waals surface area contributed by atoms with Crippen LogP contribution in [0.4, 0.5) is 0 Å². The summed E-state index contributed by atoms with van der Waals surface area (Å²) in [7, 11) is 0. The summed E-state index contributed by atoms with van der Waals surface area (Å²) in [6.07, 6.45) is 0. The summed E-state index contributed by atoms with van der Waals surface area (Å²) in [6.45, 7) is 0. The maximum Gasteiger partial charge on any atom is 0 e. The molecule has 0 fully saturated rings. The molecule has 0 saturated heterocycles. The first kappa shape index (κ1) is 11.9. The van der Waals surface area contributed by atoms with Gasteiger partial charge in [-0.2, -0.15) is 0 Å². The summed E-state index contributed by atoms with van der Waals surface area (Å²) in [5.74, 6) is 0. The third-order valence-corrected chi connectivity index (χ3v) is 2.86. The Labute approximate surface area is 112 Å². The fraction of sp³-hybridized carbons (Fsp3) is 0. The quantitative estimate of drug-likeness (QED) is 0.589. The van der Waals surface area contributed by atoms with Crippen molar-refractivity contribution in [2.75, 3.05) is 0 Å². The van der Waals surface area contributed by atoms with Gasteiger partial charge in [-0.05, 0) is 28.0 Å². The van der Waals surface area contributed by atoms with E-state index in [1.165, 1.54) is 21.9 Å². The topological polar surface area (TPSA) is 0 Å². The number of fused-ring (bicyclic) bond motifs is 1. The van der Waals surface area contributed by atoms with Gasteiger partial charge in [-0.1, -0.05) is 66.7 Å². The first-order valence-corrected chi connectivity index (χ1v) is 5.48. The maximum absolute atomic E-state index is 2.24. The average molecular weight is 283 g/mol. The van der Waals surface area contributed by atoms with Gasteiger partial charge >= 0.3 is 0 Å². The van der Waals surface area contributed by atoms with Gasteiger partial charge in [0.2, 0.25) is 0 Å². The molecule has 17 heavy (non-hydrogen) atoms. The third kappa shape index (κ3) is 2.41. The molecule has 0 amide bonds. The number of benzene rings is 3. The molecular weight excluding hydrogens is 271 g/mol. The van der Waals surface area contributed by atoms with E-state index in [1.807, 2.05) is 6.07 Å². The van der Waals surface area contributed by atoms with E-state index < -0.39 is 0 Å². The molecule has 0 bridgehead atoms. The zero-order chi connectivity index (χ0) is 10.8. The molecule has 2 radical (unpaired) electrons. The van der Waals surface area contributed by atoms with E-state index >= 15 is 0 Å². The molecule has 0 heterocycles. The SMILES string of the molecule is [Se].c1ccc(-c2ccc3ccccc3c2)cc1. The molecule has 0 spiro atoms. The minimum atomic E-state index is 0. The monoisotopic (exact) mass is 284 g/mol. The van der Waals surface area contributed by atoms with Crippen molar-refractivity contribution in [2.24, 2.45) is 0 Å². The van der Waals surface area contributed by atoms with Gasteiger partial charge in [0, 0.05) is 17.1 Å². The van der Waals surface area contributed by atoms with E-state index in [9.17, 15) is 0 Å². The van der Waals surface area contributed by atoms with E-state index in [0.717, 1.165) is 0 Å². The van der Waals surface area contributed by atoms with Crippen molar-refractivity contribution in [2.45, 2.75) is 0 Å². The summed E-state index contributed by atoms with van der Waals surface area (Å²) in [5, 5.41) is 2.59. The van der Waals surface area contributed by atoms with Crippen LogP contribution in [0.15, 0.2) is 72.8 Å². The van der Waals surface area contributed by atoms with Crippen LogP contribution in [-0.2, 0) is 0 Å². The Kier molecular flexibility index (Phi) is 3.63. The van der Waals surface area contributed by atoms with Crippen LogP contribution in [0, 0.1) is 0 Å². The summed E-state index contributed by atoms with van der Waals surface area (Å²) in [6, 6.07) is 25.5. The van der Waals surface area contributed by atoms with Crippen molar-refractivity contribution in [1.29, 1.82) is 0 Å². The van der Waals surface area contributed by atoms with Crippen LogP contribution < -0.4 is 0 Å². The van der Waals surface area contributed by atoms with Gasteiger partial charge in [0.15, 0.2) is 0 Å². The van der Waals surface area contributed by atoms with Gasteiger partial charge in [0.05, 0.1) is 0 Å². The van der Waals surface area contributed by atoms with Crippen LogP contribution in [0.3, 0.4) is 0 Å². The van der Waals surface area contributed by atoms with E-state index in [2.05, 4.69) is 66.7 Å². The third-order valence-electron chi connectivity index (χ3n) is 2.86. The van der Waals surface area contributed by atoms with Gasteiger partial charge in [0.1, 0.15) is 0 Å².